The van der Waals surface area contributed by atoms with Gasteiger partial charge in [0.15, 0.2) is 5.69 Å². The van der Waals surface area contributed by atoms with Gasteiger partial charge in [-0.2, -0.15) is 5.10 Å². The van der Waals surface area contributed by atoms with Crippen molar-refractivity contribution in [3.05, 3.63) is 17.5 Å². The first-order valence-corrected chi connectivity index (χ1v) is 4.40. The van der Waals surface area contributed by atoms with Gasteiger partial charge in [0, 0.05) is 13.1 Å². The van der Waals surface area contributed by atoms with E-state index in [1.54, 1.807) is 13.8 Å². The van der Waals surface area contributed by atoms with E-state index in [0.29, 0.717) is 0 Å². The van der Waals surface area contributed by atoms with Crippen molar-refractivity contribution in [2.45, 2.75) is 20.0 Å². The van der Waals surface area contributed by atoms with Crippen LogP contribution in [0.4, 0.5) is 0 Å². The molecule has 6 nitrogen and oxygen atoms in total. The molecule has 0 amide bonds. The lowest BCUT2D eigenvalue weighted by Gasteiger charge is -2.06. The van der Waals surface area contributed by atoms with Crippen LogP contribution in [0.15, 0.2) is 6.07 Å². The predicted octanol–water partition coefficient (Wildman–Crippen LogP) is 0.683. The number of aromatic nitrogens is 2. The Morgan fingerprint density at radius 3 is 2.53 bits per heavy atom. The second kappa shape index (κ2) is 4.12. The molecule has 0 atom stereocenters. The van der Waals surface area contributed by atoms with Gasteiger partial charge in [0.25, 0.3) is 0 Å². The average Bonchev–Trinajstić information content (AvgIpc) is 2.46. The number of aromatic carboxylic acids is 1. The van der Waals surface area contributed by atoms with Crippen LogP contribution in [-0.4, -0.2) is 32.9 Å². The largest absolute Gasteiger partial charge is 0.476 e. The monoisotopic (exact) mass is 212 g/mol. The molecule has 1 aromatic heterocycles. The van der Waals surface area contributed by atoms with E-state index >= 15 is 0 Å². The van der Waals surface area contributed by atoms with Crippen molar-refractivity contribution in [3.8, 4) is 0 Å². The van der Waals surface area contributed by atoms with Gasteiger partial charge in [-0.1, -0.05) is 0 Å². The highest BCUT2D eigenvalue weighted by Gasteiger charge is 2.18. The molecular weight excluding hydrogens is 200 g/mol. The van der Waals surface area contributed by atoms with Gasteiger partial charge < -0.3 is 9.84 Å². The van der Waals surface area contributed by atoms with Crippen LogP contribution < -0.4 is 0 Å². The zero-order chi connectivity index (χ0) is 11.6. The number of carbonyl (C=O) groups excluding carboxylic acids is 1. The van der Waals surface area contributed by atoms with Gasteiger partial charge in [-0.25, -0.2) is 9.59 Å². The van der Waals surface area contributed by atoms with Gasteiger partial charge in [-0.05, 0) is 13.8 Å². The third-order valence-electron chi connectivity index (χ3n) is 1.65. The summed E-state index contributed by atoms with van der Waals surface area (Å²) in [6.45, 7) is 3.43. The minimum atomic E-state index is -1.17. The van der Waals surface area contributed by atoms with Crippen LogP contribution in [0.5, 0.6) is 0 Å². The second-order valence-electron chi connectivity index (χ2n) is 3.30. The van der Waals surface area contributed by atoms with Crippen molar-refractivity contribution in [2.24, 2.45) is 7.05 Å². The van der Waals surface area contributed by atoms with Gasteiger partial charge in [0.05, 0.1) is 6.10 Å². The van der Waals surface area contributed by atoms with Crippen LogP contribution in [-0.2, 0) is 11.8 Å². The number of nitrogens with zero attached hydrogens (tertiary/aromatic N) is 2. The Balaban J connectivity index is 2.94. The van der Waals surface area contributed by atoms with Gasteiger partial charge in [-0.3, -0.25) is 4.68 Å². The number of carbonyl (C=O) groups is 2. The van der Waals surface area contributed by atoms with Crippen LogP contribution >= 0.6 is 0 Å². The third-order valence-corrected chi connectivity index (χ3v) is 1.65. The minimum absolute atomic E-state index is 0.126. The number of rotatable bonds is 3. The molecule has 1 rings (SSSR count). The Kier molecular flexibility index (Phi) is 3.08. The molecule has 0 fully saturated rings. The zero-order valence-corrected chi connectivity index (χ0v) is 8.72. The lowest BCUT2D eigenvalue weighted by molar-refractivity contribution is 0.0365. The average molecular weight is 212 g/mol. The predicted molar refractivity (Wildman–Crippen MR) is 50.7 cm³/mol. The number of hydrogen-bond donors (Lipinski definition) is 1. The maximum Gasteiger partial charge on any atom is 0.356 e. The molecule has 1 N–H and O–H groups in total. The summed E-state index contributed by atoms with van der Waals surface area (Å²) in [5.41, 5.74) is -0.0469. The van der Waals surface area contributed by atoms with E-state index in [0.717, 1.165) is 0 Å². The van der Waals surface area contributed by atoms with Crippen molar-refractivity contribution in [1.29, 1.82) is 0 Å². The summed E-state index contributed by atoms with van der Waals surface area (Å²) in [4.78, 5) is 22.0. The van der Waals surface area contributed by atoms with E-state index in [9.17, 15) is 9.59 Å². The quantitative estimate of drug-likeness (QED) is 0.745. The zero-order valence-electron chi connectivity index (χ0n) is 8.72. The lowest BCUT2D eigenvalue weighted by atomic mass is 10.3. The van der Waals surface area contributed by atoms with Crippen molar-refractivity contribution < 1.29 is 19.4 Å². The molecule has 1 heterocycles. The number of aryl methyl sites for hydroxylation is 1. The normalized spacial score (nSPS) is 10.4. The molecule has 0 aliphatic rings. The first kappa shape index (κ1) is 11.2. The van der Waals surface area contributed by atoms with Crippen molar-refractivity contribution >= 4 is 11.9 Å². The van der Waals surface area contributed by atoms with Gasteiger partial charge in [-0.15, -0.1) is 0 Å². The van der Waals surface area contributed by atoms with E-state index in [1.807, 2.05) is 0 Å². The molecule has 0 unspecified atom stereocenters. The Morgan fingerprint density at radius 1 is 1.53 bits per heavy atom. The molecule has 1 aromatic rings. The summed E-state index contributed by atoms with van der Waals surface area (Å²) in [6, 6.07) is 1.19. The first-order chi connectivity index (χ1) is 6.91. The SMILES string of the molecule is CC(C)OC(=O)c1cc(C(=O)O)nn1C. The van der Waals surface area contributed by atoms with E-state index in [4.69, 9.17) is 9.84 Å². The smallest absolute Gasteiger partial charge is 0.356 e. The number of esters is 1. The topological polar surface area (TPSA) is 81.4 Å². The third kappa shape index (κ3) is 2.55. The van der Waals surface area contributed by atoms with Crippen molar-refractivity contribution in [1.82, 2.24) is 9.78 Å². The summed E-state index contributed by atoms with van der Waals surface area (Å²) < 4.78 is 6.11. The van der Waals surface area contributed by atoms with E-state index in [-0.39, 0.29) is 17.5 Å². The minimum Gasteiger partial charge on any atom is -0.476 e. The number of ether oxygens (including phenoxy) is 1. The lowest BCUT2D eigenvalue weighted by Crippen LogP contribution is -2.15. The van der Waals surface area contributed by atoms with Crippen LogP contribution in [0.3, 0.4) is 0 Å². The van der Waals surface area contributed by atoms with E-state index in [1.165, 1.54) is 17.8 Å². The molecule has 6 heteroatoms. The maximum atomic E-state index is 11.4. The first-order valence-electron chi connectivity index (χ1n) is 4.40. The standard InChI is InChI=1S/C9H12N2O4/c1-5(2)15-9(14)7-4-6(8(12)13)10-11(7)3/h4-5H,1-3H3,(H,12,13). The molecule has 0 saturated heterocycles. The summed E-state index contributed by atoms with van der Waals surface area (Å²) in [6.07, 6.45) is -0.249. The molecule has 0 aliphatic carbocycles. The molecule has 0 spiro atoms. The highest BCUT2D eigenvalue weighted by Crippen LogP contribution is 2.06. The van der Waals surface area contributed by atoms with Crippen LogP contribution in [0.2, 0.25) is 0 Å². The number of carboxylic acid groups (broad SMARTS) is 1. The van der Waals surface area contributed by atoms with Crippen molar-refractivity contribution in [2.75, 3.05) is 0 Å². The van der Waals surface area contributed by atoms with Crippen molar-refractivity contribution in [3.63, 3.8) is 0 Å². The molecule has 0 radical (unpaired) electrons. The summed E-state index contributed by atoms with van der Waals surface area (Å²) in [7, 11) is 1.49. The van der Waals surface area contributed by atoms with E-state index < -0.39 is 11.9 Å². The summed E-state index contributed by atoms with van der Waals surface area (Å²) in [5.74, 6) is -1.75. The second-order valence-corrected chi connectivity index (χ2v) is 3.30. The Hall–Kier alpha value is -1.85. The van der Waals surface area contributed by atoms with Gasteiger partial charge in [0.2, 0.25) is 0 Å². The summed E-state index contributed by atoms with van der Waals surface area (Å²) >= 11 is 0. The van der Waals surface area contributed by atoms with Crippen LogP contribution in [0.1, 0.15) is 34.8 Å². The van der Waals surface area contributed by atoms with Crippen LogP contribution in [0, 0.1) is 0 Å². The molecule has 15 heavy (non-hydrogen) atoms. The van der Waals surface area contributed by atoms with E-state index in [2.05, 4.69) is 5.10 Å². The Bertz CT molecular complexity index is 395. The Labute approximate surface area is 86.5 Å². The fraction of sp³-hybridized carbons (Fsp3) is 0.444. The highest BCUT2D eigenvalue weighted by atomic mass is 16.5. The fourth-order valence-electron chi connectivity index (χ4n) is 1.04. The van der Waals surface area contributed by atoms with Crippen LogP contribution in [0.25, 0.3) is 0 Å². The highest BCUT2D eigenvalue weighted by molar-refractivity contribution is 5.92. The summed E-state index contributed by atoms with van der Waals surface area (Å²) in [5, 5.41) is 12.3. The van der Waals surface area contributed by atoms with Gasteiger partial charge >= 0.3 is 11.9 Å². The Morgan fingerprint density at radius 2 is 2.13 bits per heavy atom. The number of hydrogen-bond acceptors (Lipinski definition) is 4. The van der Waals surface area contributed by atoms with Gasteiger partial charge in [0.1, 0.15) is 5.69 Å². The molecule has 82 valence electrons. The molecule has 0 bridgehead atoms. The fourth-order valence-corrected chi connectivity index (χ4v) is 1.04. The molecule has 0 aromatic carbocycles. The molecule has 0 saturated carbocycles. The molecular formula is C9H12N2O4. The molecule has 0 aliphatic heterocycles. The number of carboxylic acids is 1. The maximum absolute atomic E-state index is 11.4.